The molecule has 1 unspecified atom stereocenters. The summed E-state index contributed by atoms with van der Waals surface area (Å²) >= 11 is 0. The van der Waals surface area contributed by atoms with Crippen LogP contribution in [0.4, 0.5) is 5.69 Å². The van der Waals surface area contributed by atoms with Crippen LogP contribution in [0.2, 0.25) is 0 Å². The summed E-state index contributed by atoms with van der Waals surface area (Å²) in [7, 11) is 0. The first-order chi connectivity index (χ1) is 21.6. The fraction of sp³-hybridized carbons (Fsp3) is 0.250. The van der Waals surface area contributed by atoms with Crippen molar-refractivity contribution in [3.05, 3.63) is 131 Å². The van der Waals surface area contributed by atoms with Crippen molar-refractivity contribution in [2.45, 2.75) is 58.3 Å². The standard InChI is InChI=1S/C40H39NO3/c1-2-8-37(42)32-19-15-29(16-20-32)26-35(25-28-13-17-31(18-14-28)30-9-4-3-5-10-30)40(43)41-36-23-21-33(22-24-36)39-27-34-11-6-7-12-38(34)44-39/h6-7,9,11-24,27,35H,2-5,8,10,25-26H2,1H3,(H,41,43). The van der Waals surface area contributed by atoms with Gasteiger partial charge >= 0.3 is 0 Å². The van der Waals surface area contributed by atoms with Crippen molar-refractivity contribution in [2.75, 3.05) is 5.32 Å². The number of hydrogen-bond acceptors (Lipinski definition) is 3. The Morgan fingerprint density at radius 2 is 1.48 bits per heavy atom. The van der Waals surface area contributed by atoms with Crippen molar-refractivity contribution in [3.63, 3.8) is 0 Å². The second-order valence-corrected chi connectivity index (χ2v) is 11.9. The molecule has 44 heavy (non-hydrogen) atoms. The highest BCUT2D eigenvalue weighted by Crippen LogP contribution is 2.30. The lowest BCUT2D eigenvalue weighted by atomic mass is 9.89. The van der Waals surface area contributed by atoms with Gasteiger partial charge in [0.2, 0.25) is 5.91 Å². The molecule has 5 aromatic rings. The van der Waals surface area contributed by atoms with E-state index in [1.54, 1.807) is 0 Å². The Kier molecular flexibility index (Phi) is 9.17. The molecule has 0 saturated heterocycles. The number of carbonyl (C=O) groups is 2. The number of para-hydroxylation sites is 1. The summed E-state index contributed by atoms with van der Waals surface area (Å²) in [5.41, 5.74) is 8.19. The number of Topliss-reactive ketones (excluding diaryl/α,β-unsaturated/α-hetero) is 1. The molecule has 1 aromatic heterocycles. The number of allylic oxidation sites excluding steroid dienone is 2. The largest absolute Gasteiger partial charge is 0.456 e. The molecule has 0 bridgehead atoms. The molecule has 0 aliphatic heterocycles. The monoisotopic (exact) mass is 581 g/mol. The maximum Gasteiger partial charge on any atom is 0.228 e. The minimum absolute atomic E-state index is 0.0216. The van der Waals surface area contributed by atoms with Gasteiger partial charge in [-0.1, -0.05) is 79.7 Å². The number of fused-ring (bicyclic) bond motifs is 1. The Morgan fingerprint density at radius 1 is 0.795 bits per heavy atom. The molecule has 0 fully saturated rings. The Bertz CT molecular complexity index is 1730. The van der Waals surface area contributed by atoms with Crippen molar-refractivity contribution in [1.29, 1.82) is 0 Å². The van der Waals surface area contributed by atoms with Gasteiger partial charge in [-0.2, -0.15) is 0 Å². The van der Waals surface area contributed by atoms with Gasteiger partial charge in [-0.3, -0.25) is 9.59 Å². The third kappa shape index (κ3) is 7.08. The predicted molar refractivity (Wildman–Crippen MR) is 180 cm³/mol. The molecule has 0 radical (unpaired) electrons. The number of rotatable bonds is 11. The number of hydrogen-bond donors (Lipinski definition) is 1. The summed E-state index contributed by atoms with van der Waals surface area (Å²) in [6.07, 6.45) is 9.76. The smallest absolute Gasteiger partial charge is 0.228 e. The lowest BCUT2D eigenvalue weighted by Crippen LogP contribution is -2.26. The van der Waals surface area contributed by atoms with Crippen LogP contribution in [-0.4, -0.2) is 11.7 Å². The number of benzene rings is 4. The van der Waals surface area contributed by atoms with E-state index in [0.717, 1.165) is 63.9 Å². The molecular formula is C40H39NO3. The first kappa shape index (κ1) is 29.4. The number of nitrogens with one attached hydrogen (secondary N) is 1. The van der Waals surface area contributed by atoms with Gasteiger partial charge in [0.15, 0.2) is 5.78 Å². The highest BCUT2D eigenvalue weighted by molar-refractivity contribution is 5.96. The molecule has 1 aliphatic rings. The summed E-state index contributed by atoms with van der Waals surface area (Å²) < 4.78 is 6.02. The van der Waals surface area contributed by atoms with Crippen molar-refractivity contribution >= 4 is 33.9 Å². The first-order valence-corrected chi connectivity index (χ1v) is 15.9. The Balaban J connectivity index is 1.19. The third-order valence-corrected chi connectivity index (χ3v) is 8.57. The van der Waals surface area contributed by atoms with Crippen LogP contribution in [-0.2, 0) is 17.6 Å². The summed E-state index contributed by atoms with van der Waals surface area (Å²) in [5, 5.41) is 4.23. The molecule has 0 spiro atoms. The molecule has 4 aromatic carbocycles. The summed E-state index contributed by atoms with van der Waals surface area (Å²) in [6, 6.07) is 34.3. The lowest BCUT2D eigenvalue weighted by molar-refractivity contribution is -0.119. The van der Waals surface area contributed by atoms with Gasteiger partial charge in [-0.15, -0.1) is 0 Å². The molecule has 1 aliphatic carbocycles. The Labute approximate surface area is 259 Å². The molecule has 222 valence electrons. The van der Waals surface area contributed by atoms with Gasteiger partial charge in [0.05, 0.1) is 0 Å². The highest BCUT2D eigenvalue weighted by atomic mass is 16.3. The Morgan fingerprint density at radius 3 is 2.14 bits per heavy atom. The molecule has 4 heteroatoms. The second kappa shape index (κ2) is 13.7. The van der Waals surface area contributed by atoms with Crippen LogP contribution in [0.25, 0.3) is 27.9 Å². The SMILES string of the molecule is CCCC(=O)c1ccc(CC(Cc2ccc(C3=CCCCC3)cc2)C(=O)Nc2ccc(-c3cc4ccccc4o3)cc2)cc1. The quantitative estimate of drug-likeness (QED) is 0.158. The third-order valence-electron chi connectivity index (χ3n) is 8.57. The van der Waals surface area contributed by atoms with Crippen LogP contribution in [0.15, 0.2) is 114 Å². The van der Waals surface area contributed by atoms with E-state index in [1.165, 1.54) is 24.0 Å². The van der Waals surface area contributed by atoms with Crippen molar-refractivity contribution < 1.29 is 14.0 Å². The maximum absolute atomic E-state index is 13.8. The zero-order valence-electron chi connectivity index (χ0n) is 25.4. The van der Waals surface area contributed by atoms with E-state index >= 15 is 0 Å². The lowest BCUT2D eigenvalue weighted by Gasteiger charge is -2.18. The van der Waals surface area contributed by atoms with Gasteiger partial charge < -0.3 is 9.73 Å². The van der Waals surface area contributed by atoms with E-state index in [4.69, 9.17) is 4.42 Å². The van der Waals surface area contributed by atoms with Gasteiger partial charge in [0.1, 0.15) is 11.3 Å². The minimum atomic E-state index is -0.276. The van der Waals surface area contributed by atoms with E-state index in [1.807, 2.05) is 85.8 Å². The van der Waals surface area contributed by atoms with Crippen LogP contribution in [0.5, 0.6) is 0 Å². The topological polar surface area (TPSA) is 59.3 Å². The number of furan rings is 1. The first-order valence-electron chi connectivity index (χ1n) is 15.9. The maximum atomic E-state index is 13.8. The van der Waals surface area contributed by atoms with Crippen molar-refractivity contribution in [2.24, 2.45) is 5.92 Å². The highest BCUT2D eigenvalue weighted by Gasteiger charge is 2.21. The summed E-state index contributed by atoms with van der Waals surface area (Å²) in [5.74, 6) is 0.663. The number of anilines is 1. The molecule has 1 amide bonds. The second-order valence-electron chi connectivity index (χ2n) is 11.9. The minimum Gasteiger partial charge on any atom is -0.456 e. The van der Waals surface area contributed by atoms with Gasteiger partial charge in [-0.05, 0) is 104 Å². The van der Waals surface area contributed by atoms with E-state index in [9.17, 15) is 9.59 Å². The van der Waals surface area contributed by atoms with E-state index in [-0.39, 0.29) is 17.6 Å². The van der Waals surface area contributed by atoms with Crippen molar-refractivity contribution in [3.8, 4) is 11.3 Å². The van der Waals surface area contributed by atoms with E-state index < -0.39 is 0 Å². The van der Waals surface area contributed by atoms with E-state index in [2.05, 4.69) is 35.7 Å². The van der Waals surface area contributed by atoms with Crippen LogP contribution < -0.4 is 5.32 Å². The number of amides is 1. The van der Waals surface area contributed by atoms with Crippen molar-refractivity contribution in [1.82, 2.24) is 0 Å². The average Bonchev–Trinajstić information content (AvgIpc) is 3.50. The fourth-order valence-electron chi connectivity index (χ4n) is 6.07. The zero-order chi connectivity index (χ0) is 30.3. The summed E-state index contributed by atoms with van der Waals surface area (Å²) in [6.45, 7) is 2.01. The van der Waals surface area contributed by atoms with Gasteiger partial charge in [-0.25, -0.2) is 0 Å². The Hall–Kier alpha value is -4.70. The molecule has 1 atom stereocenters. The number of ketones is 1. The zero-order valence-corrected chi connectivity index (χ0v) is 25.4. The predicted octanol–water partition coefficient (Wildman–Crippen LogP) is 10.1. The molecule has 1 N–H and O–H groups in total. The molecule has 4 nitrogen and oxygen atoms in total. The fourth-order valence-corrected chi connectivity index (χ4v) is 6.07. The van der Waals surface area contributed by atoms with Crippen LogP contribution in [0.3, 0.4) is 0 Å². The van der Waals surface area contributed by atoms with Crippen LogP contribution in [0.1, 0.15) is 72.5 Å². The van der Waals surface area contributed by atoms with E-state index in [0.29, 0.717) is 19.3 Å². The summed E-state index contributed by atoms with van der Waals surface area (Å²) in [4.78, 5) is 26.1. The van der Waals surface area contributed by atoms with Gasteiger partial charge in [0.25, 0.3) is 0 Å². The normalized spacial score (nSPS) is 13.8. The molecule has 6 rings (SSSR count). The number of carbonyl (C=O) groups excluding carboxylic acids is 2. The molecule has 0 saturated carbocycles. The van der Waals surface area contributed by atoms with Crippen LogP contribution >= 0.6 is 0 Å². The van der Waals surface area contributed by atoms with Crippen LogP contribution in [0, 0.1) is 5.92 Å². The molecular weight excluding hydrogens is 542 g/mol. The van der Waals surface area contributed by atoms with Gasteiger partial charge in [0, 0.05) is 34.5 Å². The molecule has 1 heterocycles. The average molecular weight is 582 g/mol.